The molecule has 0 saturated heterocycles. The van der Waals surface area contributed by atoms with Crippen molar-refractivity contribution in [1.82, 2.24) is 5.32 Å². The third-order valence-electron chi connectivity index (χ3n) is 4.14. The van der Waals surface area contributed by atoms with E-state index in [2.05, 4.69) is 23.9 Å². The molecule has 0 aliphatic heterocycles. The first-order chi connectivity index (χ1) is 10.4. The molecular formula is C15H34N2O5P+. The van der Waals surface area contributed by atoms with Gasteiger partial charge in [0.1, 0.15) is 0 Å². The van der Waals surface area contributed by atoms with E-state index in [-0.39, 0.29) is 17.9 Å². The number of rotatable bonds is 12. The number of amides is 1. The van der Waals surface area contributed by atoms with Crippen molar-refractivity contribution >= 4 is 13.7 Å². The van der Waals surface area contributed by atoms with E-state index in [1.165, 1.54) is 0 Å². The summed E-state index contributed by atoms with van der Waals surface area (Å²) in [5.74, 6) is 0.0971. The molecule has 7 nitrogen and oxygen atoms in total. The number of phosphoric ester groups is 1. The Kier molecular flexibility index (Phi) is 9.55. The van der Waals surface area contributed by atoms with Crippen molar-refractivity contribution in [3.8, 4) is 0 Å². The molecule has 0 unspecified atom stereocenters. The topological polar surface area (TPSA) is 95.9 Å². The van der Waals surface area contributed by atoms with Crippen LogP contribution in [0.2, 0.25) is 0 Å². The molecule has 0 atom stereocenters. The van der Waals surface area contributed by atoms with Crippen LogP contribution in [0.25, 0.3) is 0 Å². The highest BCUT2D eigenvalue weighted by molar-refractivity contribution is 7.46. The molecular weight excluding hydrogens is 319 g/mol. The zero-order valence-corrected chi connectivity index (χ0v) is 16.1. The highest BCUT2D eigenvalue weighted by Gasteiger charge is 2.24. The molecule has 3 N–H and O–H groups in total. The second-order valence-corrected chi connectivity index (χ2v) is 8.50. The molecule has 0 aromatic heterocycles. The number of unbranched alkanes of at least 4 members (excludes halogenated alkanes) is 1. The predicted molar refractivity (Wildman–Crippen MR) is 90.8 cm³/mol. The van der Waals surface area contributed by atoms with Crippen LogP contribution in [-0.4, -0.2) is 60.5 Å². The van der Waals surface area contributed by atoms with E-state index in [0.29, 0.717) is 13.0 Å². The maximum absolute atomic E-state index is 12.0. The molecule has 0 saturated carbocycles. The molecule has 0 aliphatic rings. The van der Waals surface area contributed by atoms with Gasteiger partial charge in [0.2, 0.25) is 5.91 Å². The summed E-state index contributed by atoms with van der Waals surface area (Å²) in [6.45, 7) is 8.49. The van der Waals surface area contributed by atoms with Gasteiger partial charge < -0.3 is 19.6 Å². The predicted octanol–water partition coefficient (Wildman–Crippen LogP) is 1.89. The van der Waals surface area contributed by atoms with Gasteiger partial charge in [-0.05, 0) is 19.3 Å². The fourth-order valence-electron chi connectivity index (χ4n) is 2.05. The summed E-state index contributed by atoms with van der Waals surface area (Å²) in [5.41, 5.74) is -0.316. The second kappa shape index (κ2) is 9.74. The molecule has 0 spiro atoms. The van der Waals surface area contributed by atoms with Crippen molar-refractivity contribution in [3.05, 3.63) is 0 Å². The number of nitrogens with zero attached hydrogens (tertiary/aromatic N) is 1. The summed E-state index contributed by atoms with van der Waals surface area (Å²) >= 11 is 0. The molecule has 0 aliphatic carbocycles. The minimum Gasteiger partial charge on any atom is -0.355 e. The van der Waals surface area contributed by atoms with E-state index >= 15 is 0 Å². The minimum absolute atomic E-state index is 0.0758. The zero-order chi connectivity index (χ0) is 18.1. The smallest absolute Gasteiger partial charge is 0.355 e. The van der Waals surface area contributed by atoms with Crippen LogP contribution in [0.1, 0.15) is 46.5 Å². The fourth-order valence-corrected chi connectivity index (χ4v) is 2.41. The van der Waals surface area contributed by atoms with Crippen LogP contribution < -0.4 is 5.32 Å². The highest BCUT2D eigenvalue weighted by Crippen LogP contribution is 2.35. The average molecular weight is 353 g/mol. The van der Waals surface area contributed by atoms with Crippen LogP contribution in [-0.2, 0) is 13.9 Å². The standard InChI is InChI=1S/C15H33N2O5P/c1-6-15(2,3)14(18)16-10-9-12-17(4,5)11-7-8-13-22-23(19,20)21/h6-13H2,1-5H3,(H2-,16,18,19,20,21)/p+1. The Morgan fingerprint density at radius 3 is 2.26 bits per heavy atom. The van der Waals surface area contributed by atoms with Crippen molar-refractivity contribution in [2.24, 2.45) is 5.41 Å². The summed E-state index contributed by atoms with van der Waals surface area (Å²) < 4.78 is 15.8. The molecule has 0 fully saturated rings. The Morgan fingerprint density at radius 1 is 1.17 bits per heavy atom. The fraction of sp³-hybridized carbons (Fsp3) is 0.933. The number of quaternary nitrogens is 1. The van der Waals surface area contributed by atoms with Gasteiger partial charge >= 0.3 is 7.82 Å². The summed E-state index contributed by atoms with van der Waals surface area (Å²) in [6, 6.07) is 0. The summed E-state index contributed by atoms with van der Waals surface area (Å²) in [7, 11) is -0.114. The van der Waals surface area contributed by atoms with Gasteiger partial charge in [-0.15, -0.1) is 0 Å². The van der Waals surface area contributed by atoms with Crippen LogP contribution in [0.15, 0.2) is 0 Å². The van der Waals surface area contributed by atoms with E-state index in [1.807, 2.05) is 20.8 Å². The average Bonchev–Trinajstić information content (AvgIpc) is 2.41. The lowest BCUT2D eigenvalue weighted by atomic mass is 9.89. The van der Waals surface area contributed by atoms with Crippen LogP contribution in [0, 0.1) is 5.41 Å². The zero-order valence-electron chi connectivity index (χ0n) is 15.2. The quantitative estimate of drug-likeness (QED) is 0.283. The Bertz CT molecular complexity index is 407. The molecule has 138 valence electrons. The summed E-state index contributed by atoms with van der Waals surface area (Å²) in [6.07, 6.45) is 3.17. The molecule has 0 aromatic carbocycles. The van der Waals surface area contributed by atoms with E-state index < -0.39 is 7.82 Å². The van der Waals surface area contributed by atoms with Gasteiger partial charge in [-0.2, -0.15) is 0 Å². The minimum atomic E-state index is -4.34. The van der Waals surface area contributed by atoms with Gasteiger partial charge in [0.15, 0.2) is 0 Å². The summed E-state index contributed by atoms with van der Waals surface area (Å²) in [5, 5.41) is 2.98. The summed E-state index contributed by atoms with van der Waals surface area (Å²) in [4.78, 5) is 29.1. The van der Waals surface area contributed by atoms with Gasteiger partial charge in [0.05, 0.1) is 33.8 Å². The highest BCUT2D eigenvalue weighted by atomic mass is 31.2. The second-order valence-electron chi connectivity index (χ2n) is 7.26. The number of hydrogen-bond donors (Lipinski definition) is 3. The van der Waals surface area contributed by atoms with Gasteiger partial charge in [-0.1, -0.05) is 20.8 Å². The van der Waals surface area contributed by atoms with E-state index in [1.54, 1.807) is 0 Å². The van der Waals surface area contributed by atoms with Crippen LogP contribution in [0.4, 0.5) is 0 Å². The largest absolute Gasteiger partial charge is 0.469 e. The lowest BCUT2D eigenvalue weighted by Crippen LogP contribution is -2.43. The lowest BCUT2D eigenvalue weighted by Gasteiger charge is -2.30. The third-order valence-corrected chi connectivity index (χ3v) is 4.66. The molecule has 0 rings (SSSR count). The van der Waals surface area contributed by atoms with Crippen molar-refractivity contribution < 1.29 is 28.2 Å². The van der Waals surface area contributed by atoms with E-state index in [9.17, 15) is 9.36 Å². The maximum atomic E-state index is 12.0. The number of hydrogen-bond acceptors (Lipinski definition) is 3. The maximum Gasteiger partial charge on any atom is 0.469 e. The van der Waals surface area contributed by atoms with Gasteiger partial charge in [-0.3, -0.25) is 9.32 Å². The monoisotopic (exact) mass is 353 g/mol. The first kappa shape index (κ1) is 22.5. The molecule has 0 heterocycles. The Hall–Kier alpha value is -0.460. The van der Waals surface area contributed by atoms with Crippen molar-refractivity contribution in [2.45, 2.75) is 46.5 Å². The number of carbonyl (C=O) groups excluding carboxylic acids is 1. The van der Waals surface area contributed by atoms with Crippen LogP contribution in [0.5, 0.6) is 0 Å². The Morgan fingerprint density at radius 2 is 1.74 bits per heavy atom. The molecule has 0 radical (unpaired) electrons. The Balaban J connectivity index is 3.84. The van der Waals surface area contributed by atoms with Crippen molar-refractivity contribution in [2.75, 3.05) is 40.3 Å². The number of phosphoric acid groups is 1. The first-order valence-electron chi connectivity index (χ1n) is 8.20. The SMILES string of the molecule is CCC(C)(C)C(=O)NCCC[N+](C)(C)CCCCOP(=O)(O)O. The number of carbonyl (C=O) groups is 1. The molecule has 0 bridgehead atoms. The van der Waals surface area contributed by atoms with Gasteiger partial charge in [0, 0.05) is 18.4 Å². The van der Waals surface area contributed by atoms with E-state index in [0.717, 1.165) is 36.8 Å². The third kappa shape index (κ3) is 11.7. The first-order valence-corrected chi connectivity index (χ1v) is 9.73. The van der Waals surface area contributed by atoms with Gasteiger partial charge in [0.25, 0.3) is 0 Å². The van der Waals surface area contributed by atoms with Crippen LogP contribution in [0.3, 0.4) is 0 Å². The Labute approximate surface area is 140 Å². The van der Waals surface area contributed by atoms with Crippen LogP contribution >= 0.6 is 7.82 Å². The van der Waals surface area contributed by atoms with Gasteiger partial charge in [-0.25, -0.2) is 4.57 Å². The molecule has 8 heteroatoms. The molecule has 0 aromatic rings. The lowest BCUT2D eigenvalue weighted by molar-refractivity contribution is -0.890. The number of nitrogens with one attached hydrogen (secondary N) is 1. The molecule has 1 amide bonds. The normalized spacial score (nSPS) is 13.2. The van der Waals surface area contributed by atoms with Crippen molar-refractivity contribution in [3.63, 3.8) is 0 Å². The van der Waals surface area contributed by atoms with Crippen molar-refractivity contribution in [1.29, 1.82) is 0 Å². The molecule has 23 heavy (non-hydrogen) atoms. The van der Waals surface area contributed by atoms with E-state index in [4.69, 9.17) is 9.79 Å².